The number of hydrogen-bond donors (Lipinski definition) is 6. The van der Waals surface area contributed by atoms with E-state index < -0.39 is 23.9 Å². The fourth-order valence-electron chi connectivity index (χ4n) is 3.63. The number of nitrogens with one attached hydrogen (secondary N) is 3. The average Bonchev–Trinajstić information content (AvgIpc) is 2.75. The van der Waals surface area contributed by atoms with Crippen molar-refractivity contribution in [1.82, 2.24) is 15.3 Å². The van der Waals surface area contributed by atoms with Crippen LogP contribution in [0.15, 0.2) is 29.1 Å². The van der Waals surface area contributed by atoms with Crippen molar-refractivity contribution in [1.29, 1.82) is 0 Å². The summed E-state index contributed by atoms with van der Waals surface area (Å²) < 4.78 is 0. The van der Waals surface area contributed by atoms with Gasteiger partial charge in [0.2, 0.25) is 5.95 Å². The normalized spacial score (nSPS) is 14.9. The van der Waals surface area contributed by atoms with Crippen LogP contribution in [0.4, 0.5) is 11.8 Å². The molecule has 0 unspecified atom stereocenters. The molecule has 0 fully saturated rings. The average molecular weight is 491 g/mol. The van der Waals surface area contributed by atoms with Crippen molar-refractivity contribution < 1.29 is 24.6 Å². The molecule has 1 aliphatic heterocycles. The molecule has 2 heterocycles. The van der Waals surface area contributed by atoms with E-state index in [2.05, 4.69) is 20.6 Å². The van der Waals surface area contributed by atoms with Crippen LogP contribution in [0.2, 0.25) is 0 Å². The van der Waals surface area contributed by atoms with Crippen LogP contribution < -0.4 is 21.9 Å². The van der Waals surface area contributed by atoms with Crippen LogP contribution in [0.25, 0.3) is 0 Å². The number of carboxylic acid groups (broad SMARTS) is 2. The minimum absolute atomic E-state index is 0. The van der Waals surface area contributed by atoms with Crippen molar-refractivity contribution in [3.8, 4) is 0 Å². The van der Waals surface area contributed by atoms with Gasteiger partial charge in [0.25, 0.3) is 11.5 Å². The fraction of sp³-hybridized carbons (Fsp3) is 0.381. The Kier molecular flexibility index (Phi) is 12.3. The van der Waals surface area contributed by atoms with Gasteiger partial charge in [-0.15, -0.1) is 0 Å². The van der Waals surface area contributed by atoms with E-state index in [1.54, 1.807) is 24.3 Å². The van der Waals surface area contributed by atoms with E-state index in [0.29, 0.717) is 29.9 Å². The molecule has 7 N–H and O–H groups in total. The second kappa shape index (κ2) is 13.9. The molecule has 0 radical (unpaired) electrons. The number of amides is 1. The van der Waals surface area contributed by atoms with E-state index in [1.807, 2.05) is 0 Å². The number of carbonyl (C=O) groups excluding carboxylic acids is 1. The SMILES string of the molecule is Nc1nc(=O)c2c([nH]1)NC[C@H](CCc1ccc(C(=O)N[C@@H](CCC(=O)O)C(=O)O)cc1)C2.[NaH].[NaH]. The summed E-state index contributed by atoms with van der Waals surface area (Å²) in [6.45, 7) is 0.694. The molecule has 1 aromatic carbocycles. The van der Waals surface area contributed by atoms with Crippen molar-refractivity contribution in [3.05, 3.63) is 51.3 Å². The first-order valence-corrected chi connectivity index (χ1v) is 10.2. The molecule has 13 heteroatoms. The molecule has 1 aliphatic rings. The van der Waals surface area contributed by atoms with E-state index in [9.17, 15) is 19.2 Å². The van der Waals surface area contributed by atoms with Crippen molar-refractivity contribution >= 4 is 88.7 Å². The summed E-state index contributed by atoms with van der Waals surface area (Å²) in [5, 5.41) is 23.4. The summed E-state index contributed by atoms with van der Waals surface area (Å²) in [5.41, 5.74) is 7.12. The molecule has 1 aromatic heterocycles. The zero-order valence-electron chi connectivity index (χ0n) is 17.3. The summed E-state index contributed by atoms with van der Waals surface area (Å²) in [6.07, 6.45) is 1.60. The summed E-state index contributed by atoms with van der Waals surface area (Å²) in [4.78, 5) is 52.9. The number of H-pyrrole nitrogens is 1. The van der Waals surface area contributed by atoms with Gasteiger partial charge in [-0.2, -0.15) is 4.98 Å². The van der Waals surface area contributed by atoms with Crippen molar-refractivity contribution in [2.24, 2.45) is 5.92 Å². The Balaban J connectivity index is 0.00000289. The monoisotopic (exact) mass is 491 g/mol. The zero-order valence-corrected chi connectivity index (χ0v) is 17.3. The summed E-state index contributed by atoms with van der Waals surface area (Å²) in [5.74, 6) is -2.04. The first-order chi connectivity index (χ1) is 15.2. The fourth-order valence-corrected chi connectivity index (χ4v) is 3.63. The van der Waals surface area contributed by atoms with Crippen molar-refractivity contribution in [2.45, 2.75) is 38.1 Å². The number of hydrogen-bond acceptors (Lipinski definition) is 7. The maximum absolute atomic E-state index is 12.3. The van der Waals surface area contributed by atoms with Crippen LogP contribution in [0.1, 0.15) is 40.7 Å². The van der Waals surface area contributed by atoms with E-state index in [0.717, 1.165) is 18.4 Å². The number of anilines is 2. The van der Waals surface area contributed by atoms with Gasteiger partial charge in [-0.1, -0.05) is 12.1 Å². The van der Waals surface area contributed by atoms with E-state index >= 15 is 0 Å². The number of rotatable bonds is 9. The Morgan fingerprint density at radius 3 is 2.47 bits per heavy atom. The molecule has 0 spiro atoms. The molecule has 11 nitrogen and oxygen atoms in total. The first-order valence-electron chi connectivity index (χ1n) is 10.2. The number of nitrogens with two attached hydrogens (primary N) is 1. The molecule has 2 atom stereocenters. The molecule has 0 aliphatic carbocycles. The molecule has 0 saturated heterocycles. The molecule has 2 aromatic rings. The maximum atomic E-state index is 12.3. The van der Waals surface area contributed by atoms with Gasteiger partial charge in [0, 0.05) is 18.5 Å². The zero-order chi connectivity index (χ0) is 23.3. The second-order valence-corrected chi connectivity index (χ2v) is 7.76. The van der Waals surface area contributed by atoms with Gasteiger partial charge in [-0.05, 0) is 49.3 Å². The van der Waals surface area contributed by atoms with Crippen LogP contribution >= 0.6 is 0 Å². The van der Waals surface area contributed by atoms with Crippen LogP contribution in [-0.4, -0.2) is 110 Å². The van der Waals surface area contributed by atoms with Gasteiger partial charge < -0.3 is 31.6 Å². The van der Waals surface area contributed by atoms with Crippen LogP contribution in [0.3, 0.4) is 0 Å². The van der Waals surface area contributed by atoms with E-state index in [1.165, 1.54) is 0 Å². The van der Waals surface area contributed by atoms with E-state index in [-0.39, 0.29) is 89.4 Å². The Bertz CT molecular complexity index is 1080. The number of carboxylic acids is 2. The topological polar surface area (TPSA) is 187 Å². The number of aromatic nitrogens is 2. The van der Waals surface area contributed by atoms with Gasteiger partial charge in [0.15, 0.2) is 0 Å². The summed E-state index contributed by atoms with van der Waals surface area (Å²) in [7, 11) is 0. The number of nitrogen functional groups attached to an aromatic ring is 1. The van der Waals surface area contributed by atoms with E-state index in [4.69, 9.17) is 15.9 Å². The van der Waals surface area contributed by atoms with Crippen LogP contribution in [-0.2, 0) is 22.4 Å². The molecule has 0 bridgehead atoms. The number of fused-ring (bicyclic) bond motifs is 1. The molecule has 1 amide bonds. The van der Waals surface area contributed by atoms with Gasteiger partial charge in [0.05, 0.1) is 5.56 Å². The quantitative estimate of drug-likeness (QED) is 0.247. The van der Waals surface area contributed by atoms with Crippen LogP contribution in [0, 0.1) is 5.92 Å². The number of aliphatic carboxylic acids is 2. The molecule has 3 rings (SSSR count). The van der Waals surface area contributed by atoms with Crippen LogP contribution in [0.5, 0.6) is 0 Å². The number of carbonyl (C=O) groups is 3. The Labute approximate surface area is 239 Å². The van der Waals surface area contributed by atoms with Gasteiger partial charge in [-0.25, -0.2) is 4.79 Å². The molecule has 0 saturated carbocycles. The van der Waals surface area contributed by atoms with Crippen molar-refractivity contribution in [3.63, 3.8) is 0 Å². The summed E-state index contributed by atoms with van der Waals surface area (Å²) >= 11 is 0. The number of aromatic amines is 1. The van der Waals surface area contributed by atoms with Crippen molar-refractivity contribution in [2.75, 3.05) is 17.6 Å². The van der Waals surface area contributed by atoms with Gasteiger partial charge >= 0.3 is 71.1 Å². The third-order valence-electron chi connectivity index (χ3n) is 5.40. The predicted octanol–water partition coefficient (Wildman–Crippen LogP) is -0.680. The first kappa shape index (κ1) is 30.1. The third-order valence-corrected chi connectivity index (χ3v) is 5.40. The van der Waals surface area contributed by atoms with Gasteiger partial charge in [0.1, 0.15) is 11.9 Å². The molecule has 174 valence electrons. The standard InChI is InChI=1S/C21H25N5O6.2Na.2H/c22-21-25-17-14(19(30)26-21)9-12(10-23-17)2-1-11-3-5-13(6-4-11)18(29)24-15(20(31)32)7-8-16(27)28;;;;/h3-6,12,15H,1-2,7-10H2,(H,24,29)(H,27,28)(H,31,32)(H4,22,23,25,26,30);;;;/t12-,15+;;;;/m1..../s1. The van der Waals surface area contributed by atoms with Gasteiger partial charge in [-0.3, -0.25) is 14.4 Å². The molecule has 34 heavy (non-hydrogen) atoms. The molecular formula is C21H27N5Na2O6. The third kappa shape index (κ3) is 8.40. The number of benzene rings is 1. The molecular weight excluding hydrogens is 464 g/mol. The summed E-state index contributed by atoms with van der Waals surface area (Å²) in [6, 6.07) is 5.52. The second-order valence-electron chi connectivity index (χ2n) is 7.76. The predicted molar refractivity (Wildman–Crippen MR) is 130 cm³/mol. The Morgan fingerprint density at radius 1 is 1.18 bits per heavy atom. The minimum atomic E-state index is -1.28. The number of aryl methyl sites for hydroxylation is 1. The number of nitrogens with zero attached hydrogens (tertiary/aromatic N) is 1. The Morgan fingerprint density at radius 2 is 1.85 bits per heavy atom. The Hall–Kier alpha value is -1.89.